The van der Waals surface area contributed by atoms with Crippen LogP contribution in [0.4, 0.5) is 0 Å². The molecule has 170 valence electrons. The van der Waals surface area contributed by atoms with Crippen LogP contribution in [-0.4, -0.2) is 32.1 Å². The molecule has 4 rings (SSSR count). The largest absolute Gasteiger partial charge is 0.493 e. The minimum absolute atomic E-state index is 0.0217. The van der Waals surface area contributed by atoms with Crippen LogP contribution in [-0.2, 0) is 4.74 Å². The maximum absolute atomic E-state index is 12.8. The second-order valence-electron chi connectivity index (χ2n) is 7.80. The molecule has 0 N–H and O–H groups in total. The van der Waals surface area contributed by atoms with Crippen molar-refractivity contribution in [2.24, 2.45) is 0 Å². The molecule has 0 bridgehead atoms. The van der Waals surface area contributed by atoms with Crippen molar-refractivity contribution in [3.8, 4) is 22.8 Å². The molecule has 0 saturated heterocycles. The molecule has 0 aliphatic heterocycles. The van der Waals surface area contributed by atoms with Gasteiger partial charge in [0, 0.05) is 40.1 Å². The van der Waals surface area contributed by atoms with Crippen molar-refractivity contribution in [2.75, 3.05) is 21.3 Å². The van der Waals surface area contributed by atoms with Crippen molar-refractivity contribution in [3.05, 3.63) is 76.8 Å². The van der Waals surface area contributed by atoms with Gasteiger partial charge in [-0.2, -0.15) is 0 Å². The zero-order chi connectivity index (χ0) is 23.4. The summed E-state index contributed by atoms with van der Waals surface area (Å²) < 4.78 is 17.6. The summed E-state index contributed by atoms with van der Waals surface area (Å²) >= 11 is 1.74. The molecule has 0 spiro atoms. The Kier molecular flexibility index (Phi) is 7.06. The molecular weight excluding hydrogens is 434 g/mol. The first-order chi connectivity index (χ1) is 16.0. The molecule has 2 aromatic carbocycles. The quantitative estimate of drug-likeness (QED) is 0.262. The third-order valence-electron chi connectivity index (χ3n) is 5.80. The van der Waals surface area contributed by atoms with E-state index in [9.17, 15) is 4.79 Å². The summed E-state index contributed by atoms with van der Waals surface area (Å²) in [6, 6.07) is 17.5. The SMILES string of the molecule is COc1ccc(C(=O)CCC(OC)c2cccc(-c3csc4c(C)cccc34)n2)cc1OC. The van der Waals surface area contributed by atoms with Gasteiger partial charge in [0.2, 0.25) is 0 Å². The van der Waals surface area contributed by atoms with E-state index in [0.717, 1.165) is 17.0 Å². The normalized spacial score (nSPS) is 12.0. The fourth-order valence-electron chi connectivity index (χ4n) is 3.98. The van der Waals surface area contributed by atoms with E-state index >= 15 is 0 Å². The molecule has 0 radical (unpaired) electrons. The number of ketones is 1. The molecule has 0 saturated carbocycles. The third-order valence-corrected chi connectivity index (χ3v) is 6.93. The second kappa shape index (κ2) is 10.1. The summed E-state index contributed by atoms with van der Waals surface area (Å²) in [5.74, 6) is 1.16. The molecule has 0 aliphatic carbocycles. The predicted molar refractivity (Wildman–Crippen MR) is 133 cm³/mol. The van der Waals surface area contributed by atoms with Crippen LogP contribution in [0.2, 0.25) is 0 Å². The van der Waals surface area contributed by atoms with E-state index in [1.54, 1.807) is 50.9 Å². The highest BCUT2D eigenvalue weighted by molar-refractivity contribution is 7.18. The van der Waals surface area contributed by atoms with Crippen LogP contribution in [0.25, 0.3) is 21.3 Å². The lowest BCUT2D eigenvalue weighted by Gasteiger charge is -2.16. The van der Waals surface area contributed by atoms with E-state index in [-0.39, 0.29) is 11.9 Å². The highest BCUT2D eigenvalue weighted by Crippen LogP contribution is 2.35. The number of hydrogen-bond donors (Lipinski definition) is 0. The molecule has 5 nitrogen and oxygen atoms in total. The van der Waals surface area contributed by atoms with Gasteiger partial charge >= 0.3 is 0 Å². The molecule has 2 heterocycles. The van der Waals surface area contributed by atoms with Gasteiger partial charge in [-0.25, -0.2) is 0 Å². The number of ether oxygens (including phenoxy) is 3. The summed E-state index contributed by atoms with van der Waals surface area (Å²) in [7, 11) is 4.79. The van der Waals surface area contributed by atoms with Crippen molar-refractivity contribution in [3.63, 3.8) is 0 Å². The number of rotatable bonds is 9. The lowest BCUT2D eigenvalue weighted by molar-refractivity contribution is 0.0797. The van der Waals surface area contributed by atoms with Gasteiger partial charge in [0.05, 0.1) is 31.7 Å². The number of benzene rings is 2. The topological polar surface area (TPSA) is 57.7 Å². The van der Waals surface area contributed by atoms with E-state index < -0.39 is 0 Å². The number of thiophene rings is 1. The van der Waals surface area contributed by atoms with E-state index in [4.69, 9.17) is 19.2 Å². The molecule has 4 aromatic rings. The number of nitrogens with zero attached hydrogens (tertiary/aromatic N) is 1. The van der Waals surface area contributed by atoms with Crippen molar-refractivity contribution in [1.29, 1.82) is 0 Å². The molecular formula is C27H27NO4S. The standard InChI is InChI=1S/C27H27NO4S/c1-17-7-5-8-19-20(16-33-27(17)19)21-9-6-10-22(28-21)24(30-2)14-12-23(29)18-11-13-25(31-3)26(15-18)32-4/h5-11,13,15-16,24H,12,14H2,1-4H3. The second-order valence-corrected chi connectivity index (χ2v) is 8.68. The summed E-state index contributed by atoms with van der Waals surface area (Å²) in [6.45, 7) is 2.13. The Bertz CT molecular complexity index is 1280. The van der Waals surface area contributed by atoms with Crippen LogP contribution in [0.1, 0.15) is 40.6 Å². The van der Waals surface area contributed by atoms with Gasteiger partial charge in [-0.15, -0.1) is 11.3 Å². The fraction of sp³-hybridized carbons (Fsp3) is 0.259. The highest BCUT2D eigenvalue weighted by Gasteiger charge is 2.18. The maximum Gasteiger partial charge on any atom is 0.163 e. The first-order valence-electron chi connectivity index (χ1n) is 10.8. The van der Waals surface area contributed by atoms with Crippen LogP contribution in [0.15, 0.2) is 60.0 Å². The van der Waals surface area contributed by atoms with Crippen LogP contribution < -0.4 is 9.47 Å². The number of fused-ring (bicyclic) bond motifs is 1. The van der Waals surface area contributed by atoms with Gasteiger partial charge in [-0.05, 0) is 49.2 Å². The zero-order valence-corrected chi connectivity index (χ0v) is 20.1. The Labute approximate surface area is 198 Å². The van der Waals surface area contributed by atoms with Crippen molar-refractivity contribution in [1.82, 2.24) is 4.98 Å². The molecule has 33 heavy (non-hydrogen) atoms. The Morgan fingerprint density at radius 2 is 1.79 bits per heavy atom. The van der Waals surface area contributed by atoms with Gasteiger partial charge in [0.1, 0.15) is 0 Å². The molecule has 1 unspecified atom stereocenters. The Morgan fingerprint density at radius 3 is 2.55 bits per heavy atom. The number of Topliss-reactive ketones (excluding diaryl/α,β-unsaturated/α-hetero) is 1. The van der Waals surface area contributed by atoms with Crippen LogP contribution in [0.3, 0.4) is 0 Å². The number of hydrogen-bond acceptors (Lipinski definition) is 6. The highest BCUT2D eigenvalue weighted by atomic mass is 32.1. The fourth-order valence-corrected chi connectivity index (χ4v) is 5.03. The molecule has 2 aromatic heterocycles. The number of aryl methyl sites for hydroxylation is 1. The number of carbonyl (C=O) groups is 1. The average Bonchev–Trinajstić information content (AvgIpc) is 3.29. The number of pyridine rings is 1. The summed E-state index contributed by atoms with van der Waals surface area (Å²) in [6.07, 6.45) is 0.588. The van der Waals surface area contributed by atoms with Gasteiger partial charge in [0.15, 0.2) is 17.3 Å². The van der Waals surface area contributed by atoms with Crippen molar-refractivity contribution in [2.45, 2.75) is 25.9 Å². The lowest BCUT2D eigenvalue weighted by Crippen LogP contribution is -2.08. The smallest absolute Gasteiger partial charge is 0.163 e. The Balaban J connectivity index is 1.52. The molecule has 0 fully saturated rings. The maximum atomic E-state index is 12.8. The minimum Gasteiger partial charge on any atom is -0.493 e. The average molecular weight is 462 g/mol. The van der Waals surface area contributed by atoms with E-state index in [1.165, 1.54) is 15.6 Å². The van der Waals surface area contributed by atoms with Gasteiger partial charge < -0.3 is 14.2 Å². The number of aromatic nitrogens is 1. The number of methoxy groups -OCH3 is 3. The van der Waals surface area contributed by atoms with E-state index in [0.29, 0.717) is 29.9 Å². The van der Waals surface area contributed by atoms with E-state index in [1.807, 2.05) is 18.2 Å². The van der Waals surface area contributed by atoms with Gasteiger partial charge in [-0.1, -0.05) is 24.3 Å². The van der Waals surface area contributed by atoms with Crippen molar-refractivity contribution < 1.29 is 19.0 Å². The van der Waals surface area contributed by atoms with Gasteiger partial charge in [-0.3, -0.25) is 9.78 Å². The first-order valence-corrected chi connectivity index (χ1v) is 11.7. The zero-order valence-electron chi connectivity index (χ0n) is 19.3. The lowest BCUT2D eigenvalue weighted by atomic mass is 10.0. The monoisotopic (exact) mass is 461 g/mol. The Morgan fingerprint density at radius 1 is 1.00 bits per heavy atom. The third kappa shape index (κ3) is 4.77. The first kappa shape index (κ1) is 23.0. The molecule has 6 heteroatoms. The molecule has 0 amide bonds. The van der Waals surface area contributed by atoms with Gasteiger partial charge in [0.25, 0.3) is 0 Å². The predicted octanol–water partition coefficient (Wildman–Crippen LogP) is 6.64. The van der Waals surface area contributed by atoms with Crippen LogP contribution in [0.5, 0.6) is 11.5 Å². The molecule has 0 aliphatic rings. The van der Waals surface area contributed by atoms with Crippen LogP contribution >= 0.6 is 11.3 Å². The summed E-state index contributed by atoms with van der Waals surface area (Å²) in [5, 5.41) is 3.37. The summed E-state index contributed by atoms with van der Waals surface area (Å²) in [5.41, 5.74) is 4.71. The molecule has 1 atom stereocenters. The van der Waals surface area contributed by atoms with Crippen LogP contribution in [0, 0.1) is 6.92 Å². The summed E-state index contributed by atoms with van der Waals surface area (Å²) in [4.78, 5) is 17.7. The minimum atomic E-state index is -0.277. The Hall–Kier alpha value is -3.22. The van der Waals surface area contributed by atoms with E-state index in [2.05, 4.69) is 30.5 Å². The van der Waals surface area contributed by atoms with Crippen molar-refractivity contribution >= 4 is 27.2 Å². The number of carbonyl (C=O) groups excluding carboxylic acids is 1.